The summed E-state index contributed by atoms with van der Waals surface area (Å²) < 4.78 is 11.4. The van der Waals surface area contributed by atoms with Crippen LogP contribution < -0.4 is 42.4 Å². The monoisotopic (exact) mass is 827 g/mol. The quantitative estimate of drug-likeness (QED) is 0.216. The SMILES string of the molecule is c1ccc2c(c1)[I-]c1cccc(-c3cccc4c3[I-]c3ccc(-n5c6ccccc6c6cc7sc8ccccc8c7cc65)cc3-4)c1-2. The van der Waals surface area contributed by atoms with Crippen LogP contribution in [0.4, 0.5) is 0 Å². The number of fused-ring (bicyclic) bond motifs is 12. The van der Waals surface area contributed by atoms with Crippen molar-refractivity contribution in [3.63, 3.8) is 0 Å². The van der Waals surface area contributed by atoms with Crippen LogP contribution in [0.3, 0.4) is 0 Å². The van der Waals surface area contributed by atoms with Crippen LogP contribution in [-0.2, 0) is 0 Å². The molecule has 2 aliphatic heterocycles. The summed E-state index contributed by atoms with van der Waals surface area (Å²) in [5.41, 5.74) is 12.4. The Bertz CT molecular complexity index is 2770. The molecule has 0 unspecified atom stereocenters. The molecule has 0 N–H and O–H groups in total. The Balaban J connectivity index is 1.12. The van der Waals surface area contributed by atoms with Crippen molar-refractivity contribution in [1.82, 2.24) is 4.57 Å². The van der Waals surface area contributed by atoms with Crippen molar-refractivity contribution >= 4 is 53.3 Å². The van der Waals surface area contributed by atoms with E-state index in [1.54, 1.807) is 10.7 Å². The Morgan fingerprint density at radius 1 is 0.413 bits per heavy atom. The van der Waals surface area contributed by atoms with E-state index >= 15 is 0 Å². The molecular weight excluding hydrogens is 804 g/mol. The van der Waals surface area contributed by atoms with Gasteiger partial charge in [0.25, 0.3) is 0 Å². The fraction of sp³-hybridized carbons (Fsp3) is 0. The molecule has 1 nitrogen and oxygen atoms in total. The van der Waals surface area contributed by atoms with Crippen molar-refractivity contribution in [2.24, 2.45) is 0 Å². The molecule has 46 heavy (non-hydrogen) atoms. The first-order valence-electron chi connectivity index (χ1n) is 15.4. The summed E-state index contributed by atoms with van der Waals surface area (Å²) in [6, 6.07) is 53.0. The molecule has 0 aliphatic carbocycles. The number of benzene rings is 7. The van der Waals surface area contributed by atoms with E-state index in [1.165, 1.54) is 84.6 Å². The minimum atomic E-state index is -0.299. The fourth-order valence-corrected chi connectivity index (χ4v) is 14.8. The number of hydrogen-bond acceptors (Lipinski definition) is 1. The summed E-state index contributed by atoms with van der Waals surface area (Å²) >= 11 is 1.47. The molecule has 4 heterocycles. The number of para-hydroxylation sites is 1. The molecule has 7 aromatic carbocycles. The second-order valence-corrected chi connectivity index (χ2v) is 18.7. The van der Waals surface area contributed by atoms with E-state index in [4.69, 9.17) is 0 Å². The fourth-order valence-electron chi connectivity index (χ4n) is 7.51. The molecule has 0 saturated heterocycles. The predicted octanol–water partition coefficient (Wildman–Crippen LogP) is 5.04. The first-order chi connectivity index (χ1) is 22.8. The van der Waals surface area contributed by atoms with Crippen LogP contribution in [0.1, 0.15) is 0 Å². The van der Waals surface area contributed by atoms with Gasteiger partial charge in [0.05, 0.1) is 0 Å². The number of nitrogens with zero attached hydrogens (tertiary/aromatic N) is 1. The Morgan fingerprint density at radius 2 is 1.13 bits per heavy atom. The van der Waals surface area contributed by atoms with Crippen LogP contribution >= 0.6 is 11.3 Å². The maximum atomic E-state index is 2.50. The zero-order valence-corrected chi connectivity index (χ0v) is 29.5. The van der Waals surface area contributed by atoms with Gasteiger partial charge in [-0.1, -0.05) is 0 Å². The molecule has 0 saturated carbocycles. The van der Waals surface area contributed by atoms with Crippen molar-refractivity contribution in [3.05, 3.63) is 154 Å². The molecule has 0 atom stereocenters. The van der Waals surface area contributed by atoms with E-state index in [0.717, 1.165) is 0 Å². The first-order valence-corrected chi connectivity index (χ1v) is 20.6. The van der Waals surface area contributed by atoms with Crippen molar-refractivity contribution in [2.45, 2.75) is 0 Å². The third-order valence-corrected chi connectivity index (χ3v) is 16.9. The number of rotatable bonds is 2. The molecule has 2 aliphatic rings. The zero-order chi connectivity index (χ0) is 29.9. The molecule has 2 aromatic heterocycles. The average Bonchev–Trinajstić information content (AvgIpc) is 3.85. The van der Waals surface area contributed by atoms with Crippen LogP contribution in [0.2, 0.25) is 0 Å². The molecular formula is C42H23I2NS-2. The predicted molar refractivity (Wildman–Crippen MR) is 185 cm³/mol. The van der Waals surface area contributed by atoms with Gasteiger partial charge in [0.2, 0.25) is 0 Å². The van der Waals surface area contributed by atoms with E-state index < -0.39 is 0 Å². The van der Waals surface area contributed by atoms with Gasteiger partial charge >= 0.3 is 293 Å². The van der Waals surface area contributed by atoms with Gasteiger partial charge in [-0.3, -0.25) is 0 Å². The van der Waals surface area contributed by atoms with Crippen molar-refractivity contribution in [1.29, 1.82) is 0 Å². The summed E-state index contributed by atoms with van der Waals surface area (Å²) in [4.78, 5) is 0. The molecule has 0 amide bonds. The standard InChI is InChI=1S/C42H23I2NS/c1-4-15-34-30(11-1)41-27(12-8-16-36(41)43-34)28-13-7-14-29-31-21-24(19-20-35(31)44-42(28)29)45-37-17-5-2-9-25(37)32-23-40-33(22-38(32)45)26-10-3-6-18-39(26)46-40/h1-23H/q-2. The van der Waals surface area contributed by atoms with Gasteiger partial charge < -0.3 is 0 Å². The van der Waals surface area contributed by atoms with Gasteiger partial charge in [-0.05, 0) is 0 Å². The van der Waals surface area contributed by atoms with Crippen molar-refractivity contribution in [3.8, 4) is 39.1 Å². The van der Waals surface area contributed by atoms with Gasteiger partial charge in [-0.25, -0.2) is 0 Å². The third-order valence-electron chi connectivity index (χ3n) is 9.51. The second-order valence-electron chi connectivity index (χ2n) is 12.0. The van der Waals surface area contributed by atoms with E-state index in [2.05, 4.69) is 144 Å². The molecule has 4 heteroatoms. The van der Waals surface area contributed by atoms with Crippen LogP contribution in [0.25, 0.3) is 81.0 Å². The van der Waals surface area contributed by atoms with Gasteiger partial charge in [0.1, 0.15) is 0 Å². The molecule has 0 radical (unpaired) electrons. The number of aromatic nitrogens is 1. The Morgan fingerprint density at radius 3 is 2.09 bits per heavy atom. The third kappa shape index (κ3) is 3.60. The van der Waals surface area contributed by atoms with E-state index in [-0.39, 0.29) is 42.4 Å². The first kappa shape index (κ1) is 26.1. The van der Waals surface area contributed by atoms with Crippen LogP contribution in [-0.4, -0.2) is 4.57 Å². The van der Waals surface area contributed by atoms with Crippen LogP contribution in [0.5, 0.6) is 0 Å². The van der Waals surface area contributed by atoms with E-state index in [1.807, 2.05) is 11.3 Å². The normalized spacial score (nSPS) is 13.4. The zero-order valence-electron chi connectivity index (χ0n) is 24.4. The number of thiophene rings is 1. The van der Waals surface area contributed by atoms with Gasteiger partial charge in [0.15, 0.2) is 0 Å². The molecule has 0 fully saturated rings. The minimum absolute atomic E-state index is 0.128. The van der Waals surface area contributed by atoms with Crippen LogP contribution in [0.15, 0.2) is 140 Å². The summed E-state index contributed by atoms with van der Waals surface area (Å²) in [6.07, 6.45) is 0. The Hall–Kier alpha value is -3.98. The average molecular weight is 828 g/mol. The maximum absolute atomic E-state index is 2.50. The van der Waals surface area contributed by atoms with Gasteiger partial charge in [-0.2, -0.15) is 0 Å². The van der Waals surface area contributed by atoms with Crippen LogP contribution in [0, 0.1) is 14.3 Å². The number of hydrogen-bond donors (Lipinski definition) is 0. The van der Waals surface area contributed by atoms with Gasteiger partial charge in [0, 0.05) is 0 Å². The van der Waals surface area contributed by atoms with Crippen molar-refractivity contribution < 1.29 is 42.4 Å². The topological polar surface area (TPSA) is 4.93 Å². The van der Waals surface area contributed by atoms with E-state index in [0.29, 0.717) is 0 Å². The van der Waals surface area contributed by atoms with Crippen molar-refractivity contribution in [2.75, 3.05) is 0 Å². The molecule has 9 aromatic rings. The Kier molecular flexibility index (Phi) is 5.55. The van der Waals surface area contributed by atoms with E-state index in [9.17, 15) is 0 Å². The summed E-state index contributed by atoms with van der Waals surface area (Å²) in [5, 5.41) is 5.33. The summed E-state index contributed by atoms with van der Waals surface area (Å²) in [6.45, 7) is 0. The Labute approximate surface area is 290 Å². The number of halogens is 2. The second kappa shape index (κ2) is 9.77. The summed E-state index contributed by atoms with van der Waals surface area (Å²) in [7, 11) is 0. The molecule has 0 spiro atoms. The molecule has 0 bridgehead atoms. The molecule has 11 rings (SSSR count). The summed E-state index contributed by atoms with van der Waals surface area (Å²) in [5.74, 6) is 0. The molecule has 218 valence electrons. The van der Waals surface area contributed by atoms with Gasteiger partial charge in [-0.15, -0.1) is 0 Å².